The molecule has 3 rings (SSSR count). The molecule has 4 nitrogen and oxygen atoms in total. The number of nitrogens with two attached hydrogens (primary N) is 1. The molecule has 4 heteroatoms. The molecular weight excluding hydrogens is 262 g/mol. The van der Waals surface area contributed by atoms with E-state index in [9.17, 15) is 4.79 Å². The van der Waals surface area contributed by atoms with Crippen LogP contribution >= 0.6 is 0 Å². The number of amides is 1. The van der Waals surface area contributed by atoms with Gasteiger partial charge in [0.25, 0.3) is 0 Å². The van der Waals surface area contributed by atoms with Crippen molar-refractivity contribution in [1.29, 1.82) is 0 Å². The van der Waals surface area contributed by atoms with Crippen LogP contribution < -0.4 is 5.73 Å². The van der Waals surface area contributed by atoms with Crippen LogP contribution in [0.4, 0.5) is 0 Å². The molecule has 21 heavy (non-hydrogen) atoms. The molecule has 1 aromatic carbocycles. The van der Waals surface area contributed by atoms with Crippen LogP contribution in [0.2, 0.25) is 0 Å². The quantitative estimate of drug-likeness (QED) is 0.942. The van der Waals surface area contributed by atoms with Gasteiger partial charge in [-0.15, -0.1) is 0 Å². The number of fused-ring (bicyclic) bond motifs is 1. The van der Waals surface area contributed by atoms with Gasteiger partial charge in [-0.25, -0.2) is 0 Å². The molecule has 2 heterocycles. The van der Waals surface area contributed by atoms with E-state index in [4.69, 9.17) is 10.7 Å². The van der Waals surface area contributed by atoms with Gasteiger partial charge in [-0.2, -0.15) is 0 Å². The van der Waals surface area contributed by atoms with E-state index >= 15 is 0 Å². The molecule has 1 aliphatic rings. The Kier molecular flexibility index (Phi) is 3.88. The molecule has 1 amide bonds. The Labute approximate surface area is 125 Å². The van der Waals surface area contributed by atoms with Crippen molar-refractivity contribution >= 4 is 16.8 Å². The van der Waals surface area contributed by atoms with Crippen LogP contribution in [0, 0.1) is 0 Å². The van der Waals surface area contributed by atoms with Gasteiger partial charge in [-0.05, 0) is 25.0 Å². The molecule has 2 unspecified atom stereocenters. The number of hydrogen-bond acceptors (Lipinski definition) is 3. The lowest BCUT2D eigenvalue weighted by molar-refractivity contribution is -0.137. The predicted octanol–water partition coefficient (Wildman–Crippen LogP) is 2.64. The number of aromatic nitrogens is 1. The summed E-state index contributed by atoms with van der Waals surface area (Å²) in [6.45, 7) is 2.82. The van der Waals surface area contributed by atoms with Gasteiger partial charge in [0, 0.05) is 24.4 Å². The highest BCUT2D eigenvalue weighted by atomic mass is 16.2. The van der Waals surface area contributed by atoms with E-state index < -0.39 is 0 Å². The van der Waals surface area contributed by atoms with Crippen LogP contribution in [-0.4, -0.2) is 28.4 Å². The maximum atomic E-state index is 12.2. The monoisotopic (exact) mass is 283 g/mol. The van der Waals surface area contributed by atoms with Crippen molar-refractivity contribution in [1.82, 2.24) is 9.88 Å². The first kappa shape index (κ1) is 14.0. The van der Waals surface area contributed by atoms with Crippen LogP contribution in [0.5, 0.6) is 0 Å². The molecule has 1 aliphatic heterocycles. The fraction of sp³-hybridized carbons (Fsp3) is 0.412. The molecule has 110 valence electrons. The van der Waals surface area contributed by atoms with Crippen molar-refractivity contribution < 1.29 is 4.79 Å². The molecule has 0 spiro atoms. The minimum atomic E-state index is -0.101. The molecule has 1 saturated heterocycles. The summed E-state index contributed by atoms with van der Waals surface area (Å²) in [5.74, 6) is 0.193. The number of carbonyl (C=O) groups is 1. The summed E-state index contributed by atoms with van der Waals surface area (Å²) in [6.07, 6.45) is 2.21. The summed E-state index contributed by atoms with van der Waals surface area (Å²) in [6, 6.07) is 12.0. The lowest BCUT2D eigenvalue weighted by atomic mass is 9.93. The first-order valence-electron chi connectivity index (χ1n) is 7.61. The molecule has 0 aliphatic carbocycles. The number of hydrogen-bond donors (Lipinski definition) is 1. The van der Waals surface area contributed by atoms with Crippen LogP contribution in [0.3, 0.4) is 0 Å². The Morgan fingerprint density at radius 2 is 2.10 bits per heavy atom. The van der Waals surface area contributed by atoms with Crippen molar-refractivity contribution in [3.05, 3.63) is 42.1 Å². The van der Waals surface area contributed by atoms with E-state index in [0.29, 0.717) is 6.42 Å². The van der Waals surface area contributed by atoms with Crippen molar-refractivity contribution in [2.45, 2.75) is 38.3 Å². The maximum absolute atomic E-state index is 12.2. The molecule has 0 radical (unpaired) electrons. The molecule has 2 aromatic rings. The average Bonchev–Trinajstić information content (AvgIpc) is 2.51. The molecular formula is C17H21N3O. The number of benzene rings is 1. The number of pyridine rings is 1. The summed E-state index contributed by atoms with van der Waals surface area (Å²) in [7, 11) is 0. The van der Waals surface area contributed by atoms with Crippen LogP contribution in [0.15, 0.2) is 36.4 Å². The second-order valence-electron chi connectivity index (χ2n) is 5.66. The van der Waals surface area contributed by atoms with Crippen LogP contribution in [0.25, 0.3) is 10.9 Å². The largest absolute Gasteiger partial charge is 0.333 e. The smallest absolute Gasteiger partial charge is 0.223 e. The van der Waals surface area contributed by atoms with Gasteiger partial charge >= 0.3 is 0 Å². The van der Waals surface area contributed by atoms with Gasteiger partial charge in [-0.1, -0.05) is 31.2 Å². The standard InChI is InChI=1S/C17H21N3O/c1-2-11-20-16(21)10-8-13(18)17(20)15-9-7-12-5-3-4-6-14(12)19-15/h3-7,9,13,17H,2,8,10-11,18H2,1H3. The lowest BCUT2D eigenvalue weighted by Gasteiger charge is -2.39. The average molecular weight is 283 g/mol. The molecule has 1 aromatic heterocycles. The fourth-order valence-electron chi connectivity index (χ4n) is 3.11. The number of para-hydroxylation sites is 1. The van der Waals surface area contributed by atoms with E-state index in [0.717, 1.165) is 36.0 Å². The van der Waals surface area contributed by atoms with Gasteiger partial charge in [0.05, 0.1) is 17.3 Å². The predicted molar refractivity (Wildman–Crippen MR) is 83.7 cm³/mol. The number of likely N-dealkylation sites (tertiary alicyclic amines) is 1. The zero-order chi connectivity index (χ0) is 14.8. The molecule has 2 atom stereocenters. The zero-order valence-electron chi connectivity index (χ0n) is 12.3. The van der Waals surface area contributed by atoms with Crippen molar-refractivity contribution in [2.75, 3.05) is 6.54 Å². The first-order chi connectivity index (χ1) is 10.2. The van der Waals surface area contributed by atoms with Gasteiger partial charge in [0.1, 0.15) is 0 Å². The molecule has 2 N–H and O–H groups in total. The van der Waals surface area contributed by atoms with Crippen LogP contribution in [0.1, 0.15) is 37.9 Å². The summed E-state index contributed by atoms with van der Waals surface area (Å²) in [4.78, 5) is 18.9. The van der Waals surface area contributed by atoms with Crippen molar-refractivity contribution in [3.8, 4) is 0 Å². The Balaban J connectivity index is 2.02. The van der Waals surface area contributed by atoms with Crippen molar-refractivity contribution in [3.63, 3.8) is 0 Å². The van der Waals surface area contributed by atoms with E-state index in [2.05, 4.69) is 13.0 Å². The second kappa shape index (κ2) is 5.82. The van der Waals surface area contributed by atoms with E-state index in [1.54, 1.807) is 0 Å². The molecule has 0 saturated carbocycles. The van der Waals surface area contributed by atoms with E-state index in [1.165, 1.54) is 0 Å². The third-order valence-corrected chi connectivity index (χ3v) is 4.14. The van der Waals surface area contributed by atoms with Crippen LogP contribution in [-0.2, 0) is 4.79 Å². The van der Waals surface area contributed by atoms with E-state index in [-0.39, 0.29) is 18.0 Å². The third-order valence-electron chi connectivity index (χ3n) is 4.14. The number of nitrogens with zero attached hydrogens (tertiary/aromatic N) is 2. The first-order valence-corrected chi connectivity index (χ1v) is 7.61. The third kappa shape index (κ3) is 2.63. The van der Waals surface area contributed by atoms with Gasteiger partial charge in [0.2, 0.25) is 5.91 Å². The topological polar surface area (TPSA) is 59.2 Å². The summed E-state index contributed by atoms with van der Waals surface area (Å²) in [5.41, 5.74) is 8.16. The summed E-state index contributed by atoms with van der Waals surface area (Å²) < 4.78 is 0. The highest BCUT2D eigenvalue weighted by Crippen LogP contribution is 2.31. The second-order valence-corrected chi connectivity index (χ2v) is 5.66. The Hall–Kier alpha value is -1.94. The highest BCUT2D eigenvalue weighted by Gasteiger charge is 2.35. The van der Waals surface area contributed by atoms with Crippen molar-refractivity contribution in [2.24, 2.45) is 5.73 Å². The fourth-order valence-corrected chi connectivity index (χ4v) is 3.11. The van der Waals surface area contributed by atoms with Gasteiger partial charge in [0.15, 0.2) is 0 Å². The van der Waals surface area contributed by atoms with E-state index in [1.807, 2.05) is 35.2 Å². The van der Waals surface area contributed by atoms with Gasteiger partial charge in [-0.3, -0.25) is 9.78 Å². The number of rotatable bonds is 3. The lowest BCUT2D eigenvalue weighted by Crippen LogP contribution is -2.49. The number of piperidine rings is 1. The Bertz CT molecular complexity index is 655. The molecule has 0 bridgehead atoms. The summed E-state index contributed by atoms with van der Waals surface area (Å²) in [5, 5.41) is 1.11. The number of carbonyl (C=O) groups excluding carboxylic acids is 1. The Morgan fingerprint density at radius 3 is 2.90 bits per heavy atom. The maximum Gasteiger partial charge on any atom is 0.223 e. The highest BCUT2D eigenvalue weighted by molar-refractivity contribution is 5.80. The minimum absolute atomic E-state index is 0.0390. The molecule has 1 fully saturated rings. The normalized spacial score (nSPS) is 22.8. The SMILES string of the molecule is CCCN1C(=O)CCC(N)C1c1ccc2ccccc2n1. The zero-order valence-corrected chi connectivity index (χ0v) is 12.3. The minimum Gasteiger partial charge on any atom is -0.333 e. The Morgan fingerprint density at radius 1 is 1.29 bits per heavy atom. The summed E-state index contributed by atoms with van der Waals surface area (Å²) >= 11 is 0. The van der Waals surface area contributed by atoms with Gasteiger partial charge < -0.3 is 10.6 Å².